The maximum atomic E-state index is 11.0. The number of rotatable bonds is 6. The van der Waals surface area contributed by atoms with Gasteiger partial charge in [-0.3, -0.25) is 8.88 Å². The molecule has 1 aromatic rings. The number of ether oxygens (including phenoxy) is 1. The fourth-order valence-electron chi connectivity index (χ4n) is 0.907. The molecule has 0 amide bonds. The maximum absolute atomic E-state index is 11.0. The minimum Gasteiger partial charge on any atom is -0.790 e. The lowest BCUT2D eigenvalue weighted by Crippen LogP contribution is -2.19. The monoisotopic (exact) mass is 312 g/mol. The van der Waals surface area contributed by atoms with E-state index in [1.54, 1.807) is 0 Å². The van der Waals surface area contributed by atoms with Gasteiger partial charge >= 0.3 is 6.01 Å². The SMILES string of the molecule is COc1ncc(COP(=O)([O-])OP(=O)([O-])[O-])c(N)n1. The Morgan fingerprint density at radius 1 is 1.37 bits per heavy atom. The number of anilines is 1. The lowest BCUT2D eigenvalue weighted by molar-refractivity contribution is -0.339. The van der Waals surface area contributed by atoms with Crippen LogP contribution in [-0.4, -0.2) is 17.1 Å². The number of nitrogens with two attached hydrogens (primary N) is 1. The Balaban J connectivity index is 2.71. The fourth-order valence-corrected chi connectivity index (χ4v) is 2.37. The third kappa shape index (κ3) is 5.62. The van der Waals surface area contributed by atoms with Crippen molar-refractivity contribution in [2.24, 2.45) is 0 Å². The van der Waals surface area contributed by atoms with Crippen LogP contribution in [0.1, 0.15) is 5.56 Å². The van der Waals surface area contributed by atoms with Gasteiger partial charge in [-0.05, 0) is 0 Å². The van der Waals surface area contributed by atoms with Crippen molar-refractivity contribution in [3.63, 3.8) is 0 Å². The lowest BCUT2D eigenvalue weighted by Gasteiger charge is -2.35. The summed E-state index contributed by atoms with van der Waals surface area (Å²) in [6, 6.07) is -0.0496. The molecule has 0 bridgehead atoms. The van der Waals surface area contributed by atoms with Crippen molar-refractivity contribution in [2.75, 3.05) is 12.8 Å². The summed E-state index contributed by atoms with van der Waals surface area (Å²) >= 11 is 0. The first kappa shape index (κ1) is 16.0. The third-order valence-electron chi connectivity index (χ3n) is 1.64. The van der Waals surface area contributed by atoms with Crippen molar-refractivity contribution in [3.8, 4) is 6.01 Å². The summed E-state index contributed by atoms with van der Waals surface area (Å²) < 4.78 is 33.2. The molecule has 108 valence electrons. The van der Waals surface area contributed by atoms with Crippen molar-refractivity contribution in [3.05, 3.63) is 11.8 Å². The molecule has 0 fully saturated rings. The van der Waals surface area contributed by atoms with E-state index in [-0.39, 0.29) is 17.4 Å². The van der Waals surface area contributed by atoms with E-state index in [9.17, 15) is 23.8 Å². The second kappa shape index (κ2) is 5.93. The van der Waals surface area contributed by atoms with E-state index in [4.69, 9.17) is 5.73 Å². The van der Waals surface area contributed by atoms with Gasteiger partial charge in [-0.1, -0.05) is 0 Å². The summed E-state index contributed by atoms with van der Waals surface area (Å²) in [6.07, 6.45) is 1.11. The van der Waals surface area contributed by atoms with Crippen LogP contribution in [-0.2, 0) is 24.6 Å². The summed E-state index contributed by atoms with van der Waals surface area (Å²) in [6.45, 7) is -0.698. The van der Waals surface area contributed by atoms with E-state index in [0.717, 1.165) is 6.20 Å². The van der Waals surface area contributed by atoms with Crippen LogP contribution in [0.25, 0.3) is 0 Å². The predicted molar refractivity (Wildman–Crippen MR) is 54.1 cm³/mol. The second-order valence-corrected chi connectivity index (χ2v) is 5.72. The summed E-state index contributed by atoms with van der Waals surface area (Å²) in [7, 11) is -9.72. The van der Waals surface area contributed by atoms with Gasteiger partial charge in [0.05, 0.1) is 21.5 Å². The Kier molecular flexibility index (Phi) is 4.99. The second-order valence-electron chi connectivity index (χ2n) is 3.02. The van der Waals surface area contributed by atoms with Gasteiger partial charge in [0, 0.05) is 11.8 Å². The zero-order valence-electron chi connectivity index (χ0n) is 9.42. The minimum atomic E-state index is -5.72. The number of hydrogen-bond acceptors (Lipinski definition) is 11. The van der Waals surface area contributed by atoms with E-state index in [1.807, 2.05) is 0 Å². The highest BCUT2D eigenvalue weighted by molar-refractivity contribution is 7.58. The molecule has 19 heavy (non-hydrogen) atoms. The summed E-state index contributed by atoms with van der Waals surface area (Å²) in [5.74, 6) is -0.140. The van der Waals surface area contributed by atoms with E-state index in [1.165, 1.54) is 7.11 Å². The highest BCUT2D eigenvalue weighted by Crippen LogP contribution is 2.50. The van der Waals surface area contributed by atoms with Crippen molar-refractivity contribution in [1.82, 2.24) is 9.97 Å². The number of methoxy groups -OCH3 is 1. The van der Waals surface area contributed by atoms with E-state index in [0.29, 0.717) is 0 Å². The topological polar surface area (TPSA) is 183 Å². The van der Waals surface area contributed by atoms with Gasteiger partial charge in [-0.25, -0.2) is 4.98 Å². The Labute approximate surface area is 107 Å². The molecule has 2 N–H and O–H groups in total. The Morgan fingerprint density at radius 2 is 2.00 bits per heavy atom. The molecule has 11 nitrogen and oxygen atoms in total. The van der Waals surface area contributed by atoms with Crippen LogP contribution < -0.4 is 25.2 Å². The number of nitrogens with zero attached hydrogens (tertiary/aromatic N) is 2. The van der Waals surface area contributed by atoms with Crippen LogP contribution in [0, 0.1) is 0 Å². The van der Waals surface area contributed by atoms with Gasteiger partial charge in [-0.15, -0.1) is 0 Å². The number of phosphoric acid groups is 2. The van der Waals surface area contributed by atoms with Crippen LogP contribution in [0.4, 0.5) is 5.82 Å². The molecule has 1 unspecified atom stereocenters. The van der Waals surface area contributed by atoms with Crippen molar-refractivity contribution < 1.29 is 37.4 Å². The van der Waals surface area contributed by atoms with Gasteiger partial charge < -0.3 is 34.2 Å². The highest BCUT2D eigenvalue weighted by atomic mass is 31.3. The normalized spacial score (nSPS) is 14.9. The van der Waals surface area contributed by atoms with Crippen molar-refractivity contribution >= 4 is 21.5 Å². The first-order valence-corrected chi connectivity index (χ1v) is 7.39. The molecule has 1 aromatic heterocycles. The predicted octanol–water partition coefficient (Wildman–Crippen LogP) is -2.10. The van der Waals surface area contributed by atoms with Crippen LogP contribution in [0.15, 0.2) is 6.20 Å². The fraction of sp³-hybridized carbons (Fsp3) is 0.333. The quantitative estimate of drug-likeness (QED) is 0.567. The van der Waals surface area contributed by atoms with Crippen molar-refractivity contribution in [1.29, 1.82) is 0 Å². The number of hydrogen-bond donors (Lipinski definition) is 1. The Hall–Kier alpha value is -1.06. The Bertz CT molecular complexity index is 545. The molecular weight excluding hydrogens is 304 g/mol. The van der Waals surface area contributed by atoms with Gasteiger partial charge in [0.25, 0.3) is 7.82 Å². The van der Waals surface area contributed by atoms with Crippen molar-refractivity contribution in [2.45, 2.75) is 6.61 Å². The van der Waals surface area contributed by atoms with E-state index in [2.05, 4.69) is 23.5 Å². The van der Waals surface area contributed by atoms with Gasteiger partial charge in [0.1, 0.15) is 5.82 Å². The molecule has 0 spiro atoms. The highest BCUT2D eigenvalue weighted by Gasteiger charge is 2.14. The smallest absolute Gasteiger partial charge is 0.318 e. The minimum absolute atomic E-state index is 0.0344. The zero-order chi connectivity index (χ0) is 14.7. The van der Waals surface area contributed by atoms with Crippen LogP contribution >= 0.6 is 15.6 Å². The molecule has 0 aliphatic rings. The molecule has 0 radical (unpaired) electrons. The zero-order valence-corrected chi connectivity index (χ0v) is 11.2. The molecule has 0 aliphatic carbocycles. The standard InChI is InChI=1S/C6H11N3O8P2/c1-15-6-8-2-4(5(7)9-6)3-16-19(13,14)17-18(10,11)12/h2H,3H2,1H3,(H,13,14)(H2,7,8,9)(H2,10,11,12)/p-3. The third-order valence-corrected chi connectivity index (χ3v) is 3.68. The number of aromatic nitrogens is 2. The van der Waals surface area contributed by atoms with E-state index < -0.39 is 22.3 Å². The van der Waals surface area contributed by atoms with E-state index >= 15 is 0 Å². The molecule has 1 heterocycles. The largest absolute Gasteiger partial charge is 0.790 e. The molecule has 0 saturated heterocycles. The molecule has 0 saturated carbocycles. The summed E-state index contributed by atoms with van der Waals surface area (Å²) in [5, 5.41) is 0. The molecular formula is C6H8N3O8P2-3. The Morgan fingerprint density at radius 3 is 2.47 bits per heavy atom. The molecule has 1 atom stereocenters. The van der Waals surface area contributed by atoms with Crippen LogP contribution in [0.3, 0.4) is 0 Å². The first-order chi connectivity index (χ1) is 8.63. The van der Waals surface area contributed by atoms with Gasteiger partial charge in [-0.2, -0.15) is 4.98 Å². The number of phosphoric ester groups is 1. The number of nitrogen functional groups attached to an aromatic ring is 1. The molecule has 13 heteroatoms. The van der Waals surface area contributed by atoms with Crippen LogP contribution in [0.5, 0.6) is 6.01 Å². The van der Waals surface area contributed by atoms with Crippen LogP contribution in [0.2, 0.25) is 0 Å². The van der Waals surface area contributed by atoms with Gasteiger partial charge in [0.2, 0.25) is 0 Å². The summed E-state index contributed by atoms with van der Waals surface area (Å²) in [4.78, 5) is 38.5. The molecule has 0 aromatic carbocycles. The summed E-state index contributed by atoms with van der Waals surface area (Å²) in [5.41, 5.74) is 5.47. The molecule has 0 aliphatic heterocycles. The first-order valence-electron chi connectivity index (χ1n) is 4.47. The van der Waals surface area contributed by atoms with Gasteiger partial charge in [0.15, 0.2) is 0 Å². The lowest BCUT2D eigenvalue weighted by atomic mass is 10.3. The average molecular weight is 312 g/mol. The maximum Gasteiger partial charge on any atom is 0.318 e. The molecule has 1 rings (SSSR count). The average Bonchev–Trinajstić information content (AvgIpc) is 2.24.